The molecule has 3 aromatic rings. The summed E-state index contributed by atoms with van der Waals surface area (Å²) in [4.78, 5) is 16.2. The first-order chi connectivity index (χ1) is 10.2. The van der Waals surface area contributed by atoms with Crippen LogP contribution < -0.4 is 5.32 Å². The van der Waals surface area contributed by atoms with E-state index in [2.05, 4.69) is 10.3 Å². The Hall–Kier alpha value is -2.59. The SMILES string of the molecule is O=C(/C=C/c1ccc(Cl)cc1)Nc1cn2ccccc2n1. The van der Waals surface area contributed by atoms with E-state index >= 15 is 0 Å². The van der Waals surface area contributed by atoms with Gasteiger partial charge in [-0.2, -0.15) is 0 Å². The van der Waals surface area contributed by atoms with Gasteiger partial charge in [0.25, 0.3) is 0 Å². The zero-order valence-corrected chi connectivity index (χ0v) is 11.8. The van der Waals surface area contributed by atoms with Gasteiger partial charge in [0.05, 0.1) is 6.20 Å². The number of carbonyl (C=O) groups excluding carboxylic acids is 1. The van der Waals surface area contributed by atoms with E-state index in [1.54, 1.807) is 24.4 Å². The molecule has 1 aromatic carbocycles. The second-order valence-electron chi connectivity index (χ2n) is 4.47. The molecule has 4 nitrogen and oxygen atoms in total. The van der Waals surface area contributed by atoms with Crippen molar-refractivity contribution in [2.24, 2.45) is 0 Å². The van der Waals surface area contributed by atoms with Crippen molar-refractivity contribution in [1.82, 2.24) is 9.38 Å². The van der Waals surface area contributed by atoms with Gasteiger partial charge in [-0.15, -0.1) is 0 Å². The monoisotopic (exact) mass is 297 g/mol. The van der Waals surface area contributed by atoms with Crippen LogP contribution in [0.25, 0.3) is 11.7 Å². The van der Waals surface area contributed by atoms with Crippen LogP contribution in [0, 0.1) is 0 Å². The first kappa shape index (κ1) is 13.4. The molecule has 104 valence electrons. The Morgan fingerprint density at radius 1 is 1.19 bits per heavy atom. The number of imidazole rings is 1. The second-order valence-corrected chi connectivity index (χ2v) is 4.90. The molecule has 5 heteroatoms. The van der Waals surface area contributed by atoms with E-state index in [4.69, 9.17) is 11.6 Å². The maximum atomic E-state index is 11.9. The number of nitrogens with one attached hydrogen (secondary N) is 1. The molecule has 0 bridgehead atoms. The zero-order chi connectivity index (χ0) is 14.7. The lowest BCUT2D eigenvalue weighted by Gasteiger charge is -1.96. The molecule has 1 N–H and O–H groups in total. The molecule has 2 aromatic heterocycles. The van der Waals surface area contributed by atoms with Crippen molar-refractivity contribution in [3.05, 3.63) is 71.5 Å². The van der Waals surface area contributed by atoms with Gasteiger partial charge in [0, 0.05) is 17.3 Å². The number of nitrogens with zero attached hydrogens (tertiary/aromatic N) is 2. The summed E-state index contributed by atoms with van der Waals surface area (Å²) < 4.78 is 1.85. The van der Waals surface area contributed by atoms with Crippen molar-refractivity contribution in [1.29, 1.82) is 0 Å². The van der Waals surface area contributed by atoms with Crippen LogP contribution in [-0.2, 0) is 4.79 Å². The summed E-state index contributed by atoms with van der Waals surface area (Å²) in [5, 5.41) is 3.40. The highest BCUT2D eigenvalue weighted by Crippen LogP contribution is 2.11. The van der Waals surface area contributed by atoms with E-state index in [1.165, 1.54) is 6.08 Å². The van der Waals surface area contributed by atoms with Crippen LogP contribution in [0.2, 0.25) is 5.02 Å². The zero-order valence-electron chi connectivity index (χ0n) is 11.0. The third-order valence-corrected chi connectivity index (χ3v) is 3.16. The fourth-order valence-corrected chi connectivity index (χ4v) is 2.03. The largest absolute Gasteiger partial charge is 0.306 e. The fraction of sp³-hybridized carbons (Fsp3) is 0. The maximum Gasteiger partial charge on any atom is 0.249 e. The number of rotatable bonds is 3. The van der Waals surface area contributed by atoms with Gasteiger partial charge in [-0.25, -0.2) is 4.98 Å². The number of pyridine rings is 1. The summed E-state index contributed by atoms with van der Waals surface area (Å²) in [5.41, 5.74) is 1.69. The lowest BCUT2D eigenvalue weighted by Crippen LogP contribution is -2.07. The Balaban J connectivity index is 1.69. The van der Waals surface area contributed by atoms with E-state index in [-0.39, 0.29) is 5.91 Å². The molecule has 0 spiro atoms. The molecule has 3 rings (SSSR count). The van der Waals surface area contributed by atoms with Crippen LogP contribution in [0.3, 0.4) is 0 Å². The van der Waals surface area contributed by atoms with Crippen LogP contribution in [0.15, 0.2) is 60.9 Å². The van der Waals surface area contributed by atoms with Gasteiger partial charge >= 0.3 is 0 Å². The van der Waals surface area contributed by atoms with E-state index in [0.717, 1.165) is 11.2 Å². The normalized spacial score (nSPS) is 11.1. The average Bonchev–Trinajstić information content (AvgIpc) is 2.88. The number of benzene rings is 1. The van der Waals surface area contributed by atoms with Crippen molar-refractivity contribution in [3.63, 3.8) is 0 Å². The van der Waals surface area contributed by atoms with Gasteiger partial charge in [0.2, 0.25) is 5.91 Å². The minimum atomic E-state index is -0.228. The third-order valence-electron chi connectivity index (χ3n) is 2.91. The topological polar surface area (TPSA) is 46.4 Å². The molecule has 0 fully saturated rings. The maximum absolute atomic E-state index is 11.9. The molecule has 0 atom stereocenters. The molecular weight excluding hydrogens is 286 g/mol. The number of carbonyl (C=O) groups is 1. The minimum Gasteiger partial charge on any atom is -0.306 e. The van der Waals surface area contributed by atoms with E-state index in [1.807, 2.05) is 40.9 Å². The van der Waals surface area contributed by atoms with Crippen molar-refractivity contribution >= 4 is 35.0 Å². The Morgan fingerprint density at radius 2 is 2.00 bits per heavy atom. The predicted molar refractivity (Wildman–Crippen MR) is 84.3 cm³/mol. The minimum absolute atomic E-state index is 0.228. The van der Waals surface area contributed by atoms with Crippen LogP contribution in [-0.4, -0.2) is 15.3 Å². The fourth-order valence-electron chi connectivity index (χ4n) is 1.91. The molecule has 1 amide bonds. The first-order valence-corrected chi connectivity index (χ1v) is 6.77. The molecule has 0 aliphatic rings. The molecule has 0 saturated carbocycles. The highest BCUT2D eigenvalue weighted by Gasteiger charge is 2.03. The van der Waals surface area contributed by atoms with Gasteiger partial charge < -0.3 is 9.72 Å². The van der Waals surface area contributed by atoms with E-state index in [9.17, 15) is 4.79 Å². The van der Waals surface area contributed by atoms with Crippen molar-refractivity contribution in [2.45, 2.75) is 0 Å². The predicted octanol–water partition coefficient (Wildman–Crippen LogP) is 3.64. The Morgan fingerprint density at radius 3 is 2.76 bits per heavy atom. The summed E-state index contributed by atoms with van der Waals surface area (Å²) in [7, 11) is 0. The van der Waals surface area contributed by atoms with Crippen LogP contribution in [0.5, 0.6) is 0 Å². The summed E-state index contributed by atoms with van der Waals surface area (Å²) in [6, 6.07) is 12.9. The second kappa shape index (κ2) is 5.81. The molecule has 0 radical (unpaired) electrons. The number of hydrogen-bond acceptors (Lipinski definition) is 2. The standard InChI is InChI=1S/C16H12ClN3O/c17-13-7-4-12(5-8-13)6-9-16(21)19-14-11-20-10-2-1-3-15(20)18-14/h1-11H,(H,19,21)/b9-6+. The Labute approximate surface area is 126 Å². The van der Waals surface area contributed by atoms with Gasteiger partial charge in [-0.1, -0.05) is 29.8 Å². The number of hydrogen-bond donors (Lipinski definition) is 1. The first-order valence-electron chi connectivity index (χ1n) is 6.39. The third kappa shape index (κ3) is 3.30. The van der Waals surface area contributed by atoms with Crippen LogP contribution >= 0.6 is 11.6 Å². The van der Waals surface area contributed by atoms with E-state index in [0.29, 0.717) is 10.8 Å². The van der Waals surface area contributed by atoms with Gasteiger partial charge in [-0.3, -0.25) is 4.79 Å². The summed E-state index contributed by atoms with van der Waals surface area (Å²) in [5.74, 6) is 0.292. The molecule has 21 heavy (non-hydrogen) atoms. The number of amides is 1. The number of halogens is 1. The molecule has 0 saturated heterocycles. The Bertz CT molecular complexity index is 773. The highest BCUT2D eigenvalue weighted by atomic mass is 35.5. The molecule has 2 heterocycles. The highest BCUT2D eigenvalue weighted by molar-refractivity contribution is 6.30. The average molecular weight is 298 g/mol. The van der Waals surface area contributed by atoms with Gasteiger partial charge in [0.15, 0.2) is 5.82 Å². The summed E-state index contributed by atoms with van der Waals surface area (Å²) >= 11 is 5.81. The van der Waals surface area contributed by atoms with Crippen LogP contribution in [0.4, 0.5) is 5.82 Å². The lowest BCUT2D eigenvalue weighted by atomic mass is 10.2. The number of fused-ring (bicyclic) bond motifs is 1. The van der Waals surface area contributed by atoms with Crippen molar-refractivity contribution in [3.8, 4) is 0 Å². The van der Waals surface area contributed by atoms with Crippen molar-refractivity contribution in [2.75, 3.05) is 5.32 Å². The summed E-state index contributed by atoms with van der Waals surface area (Å²) in [6.45, 7) is 0. The van der Waals surface area contributed by atoms with Crippen molar-refractivity contribution < 1.29 is 4.79 Å². The molecular formula is C16H12ClN3O. The smallest absolute Gasteiger partial charge is 0.249 e. The number of aromatic nitrogens is 2. The van der Waals surface area contributed by atoms with Gasteiger partial charge in [-0.05, 0) is 35.9 Å². The molecule has 0 aliphatic carbocycles. The number of anilines is 1. The quantitative estimate of drug-likeness (QED) is 0.750. The van der Waals surface area contributed by atoms with Crippen LogP contribution in [0.1, 0.15) is 5.56 Å². The van der Waals surface area contributed by atoms with Gasteiger partial charge in [0.1, 0.15) is 5.65 Å². The Kier molecular flexibility index (Phi) is 3.71. The summed E-state index contributed by atoms with van der Waals surface area (Å²) in [6.07, 6.45) is 6.83. The molecule has 0 unspecified atom stereocenters. The lowest BCUT2D eigenvalue weighted by molar-refractivity contribution is -0.111. The van der Waals surface area contributed by atoms with E-state index < -0.39 is 0 Å². The molecule has 0 aliphatic heterocycles.